The highest BCUT2D eigenvalue weighted by Crippen LogP contribution is 2.30. The van der Waals surface area contributed by atoms with E-state index in [0.29, 0.717) is 52.4 Å². The number of hydrazine groups is 1. The second-order valence-electron chi connectivity index (χ2n) is 7.69. The summed E-state index contributed by atoms with van der Waals surface area (Å²) in [7, 11) is 1.59. The van der Waals surface area contributed by atoms with Gasteiger partial charge in [0.15, 0.2) is 0 Å². The summed E-state index contributed by atoms with van der Waals surface area (Å²) < 4.78 is 20.3. The van der Waals surface area contributed by atoms with Gasteiger partial charge in [-0.05, 0) is 18.9 Å². The number of likely N-dealkylation sites (tertiary alicyclic amines) is 1. The van der Waals surface area contributed by atoms with E-state index in [1.54, 1.807) is 17.4 Å². The molecule has 36 heavy (non-hydrogen) atoms. The summed E-state index contributed by atoms with van der Waals surface area (Å²) in [4.78, 5) is 52.6. The van der Waals surface area contributed by atoms with Crippen molar-refractivity contribution in [3.8, 4) is 0 Å². The van der Waals surface area contributed by atoms with Gasteiger partial charge < -0.3 is 23.5 Å². The van der Waals surface area contributed by atoms with E-state index in [2.05, 4.69) is 15.8 Å². The zero-order valence-corrected chi connectivity index (χ0v) is 20.4. The zero-order valence-electron chi connectivity index (χ0n) is 19.6. The maximum atomic E-state index is 12.3. The van der Waals surface area contributed by atoms with Gasteiger partial charge in [0, 0.05) is 31.5 Å². The Hall–Kier alpha value is -3.40. The molecule has 2 aromatic rings. The van der Waals surface area contributed by atoms with Crippen LogP contribution in [0.15, 0.2) is 21.9 Å². The number of aromatic nitrogens is 1. The van der Waals surface area contributed by atoms with Crippen LogP contribution in [-0.4, -0.2) is 85.8 Å². The molecule has 0 aliphatic carbocycles. The second kappa shape index (κ2) is 13.6. The van der Waals surface area contributed by atoms with Crippen LogP contribution in [0.25, 0.3) is 0 Å². The largest absolute Gasteiger partial charge is 0.433 e. The minimum absolute atomic E-state index is 0.00303. The highest BCUT2D eigenvalue weighted by Gasteiger charge is 2.26. The van der Waals surface area contributed by atoms with Gasteiger partial charge in [0.05, 0.1) is 37.5 Å². The molecule has 0 bridgehead atoms. The molecule has 3 amide bonds. The quantitative estimate of drug-likeness (QED) is 0.232. The Balaban J connectivity index is 1.37. The lowest BCUT2D eigenvalue weighted by Gasteiger charge is -2.31. The fourth-order valence-electron chi connectivity index (χ4n) is 3.36. The zero-order chi connectivity index (χ0) is 25.9. The molecule has 1 aliphatic heterocycles. The van der Waals surface area contributed by atoms with Crippen LogP contribution < -0.4 is 10.9 Å². The normalized spacial score (nSPS) is 14.0. The van der Waals surface area contributed by atoms with E-state index < -0.39 is 22.6 Å². The lowest BCUT2D eigenvalue weighted by molar-refractivity contribution is -0.402. The van der Waals surface area contributed by atoms with Crippen LogP contribution in [-0.2, 0) is 19.0 Å². The van der Waals surface area contributed by atoms with Crippen molar-refractivity contribution < 1.29 is 37.9 Å². The number of nitrogens with zero attached hydrogens (tertiary/aromatic N) is 3. The van der Waals surface area contributed by atoms with Crippen molar-refractivity contribution in [1.29, 1.82) is 0 Å². The molecule has 0 unspecified atom stereocenters. The smallest absolute Gasteiger partial charge is 0.395 e. The van der Waals surface area contributed by atoms with Gasteiger partial charge in [0.2, 0.25) is 11.7 Å². The molecule has 0 saturated carbocycles. The van der Waals surface area contributed by atoms with Crippen molar-refractivity contribution in [3.05, 3.63) is 44.1 Å². The van der Waals surface area contributed by atoms with Crippen LogP contribution in [0.1, 0.15) is 44.8 Å². The molecule has 0 atom stereocenters. The fraction of sp³-hybridized carbons (Fsp3) is 0.524. The molecule has 3 heterocycles. The van der Waals surface area contributed by atoms with Crippen LogP contribution in [0.4, 0.5) is 5.88 Å². The number of carbonyl (C=O) groups excluding carboxylic acids is 3. The molecular weight excluding hydrogens is 498 g/mol. The first kappa shape index (κ1) is 27.2. The van der Waals surface area contributed by atoms with Gasteiger partial charge in [0.1, 0.15) is 17.2 Å². The first-order valence-corrected chi connectivity index (χ1v) is 12.0. The van der Waals surface area contributed by atoms with E-state index in [9.17, 15) is 24.5 Å². The number of amides is 3. The number of rotatable bonds is 12. The number of nitrogens with one attached hydrogen (secondary N) is 2. The first-order valence-electron chi connectivity index (χ1n) is 11.1. The molecule has 2 aromatic heterocycles. The van der Waals surface area contributed by atoms with Crippen LogP contribution in [0.3, 0.4) is 0 Å². The van der Waals surface area contributed by atoms with Gasteiger partial charge in [-0.2, -0.15) is 0 Å². The standard InChI is InChI=1S/C21H27N5O9S/c1-32-8-9-33-10-11-34-12-17(27)25-6-4-14(5-7-25)21-22-15(13-36-21)19(28)23-24-20(29)16-2-3-18(35-16)26(30)31/h2-3,13-14H,4-12H2,1H3,(H,23,28)(H,24,29). The van der Waals surface area contributed by atoms with Crippen LogP contribution >= 0.6 is 11.3 Å². The van der Waals surface area contributed by atoms with E-state index in [1.807, 2.05) is 0 Å². The highest BCUT2D eigenvalue weighted by molar-refractivity contribution is 7.09. The van der Waals surface area contributed by atoms with Gasteiger partial charge in [0.25, 0.3) is 5.91 Å². The lowest BCUT2D eigenvalue weighted by Crippen LogP contribution is -2.41. The third kappa shape index (κ3) is 7.81. The summed E-state index contributed by atoms with van der Waals surface area (Å²) in [5, 5.41) is 13.0. The SMILES string of the molecule is COCCOCCOCC(=O)N1CCC(c2nc(C(=O)NNC(=O)c3ccc([N+](=O)[O-])o3)cs2)CC1. The van der Waals surface area contributed by atoms with Crippen molar-refractivity contribution in [1.82, 2.24) is 20.7 Å². The Morgan fingerprint density at radius 3 is 2.53 bits per heavy atom. The molecule has 0 radical (unpaired) electrons. The molecule has 0 spiro atoms. The highest BCUT2D eigenvalue weighted by atomic mass is 32.1. The number of hydrogen-bond donors (Lipinski definition) is 2. The number of methoxy groups -OCH3 is 1. The Morgan fingerprint density at radius 1 is 1.14 bits per heavy atom. The number of hydrogen-bond acceptors (Lipinski definition) is 11. The number of carbonyl (C=O) groups is 3. The molecule has 2 N–H and O–H groups in total. The average molecular weight is 526 g/mol. The summed E-state index contributed by atoms with van der Waals surface area (Å²) in [6, 6.07) is 2.17. The number of thiazole rings is 1. The van der Waals surface area contributed by atoms with E-state index in [-0.39, 0.29) is 29.9 Å². The molecule has 1 aliphatic rings. The van der Waals surface area contributed by atoms with E-state index in [1.165, 1.54) is 11.3 Å². The van der Waals surface area contributed by atoms with E-state index in [0.717, 1.165) is 17.1 Å². The van der Waals surface area contributed by atoms with Crippen molar-refractivity contribution in [2.24, 2.45) is 0 Å². The number of nitro groups is 1. The summed E-state index contributed by atoms with van der Waals surface area (Å²) in [6.07, 6.45) is 1.41. The van der Waals surface area contributed by atoms with Gasteiger partial charge in [-0.15, -0.1) is 11.3 Å². The number of furan rings is 1. The molecule has 196 valence electrons. The van der Waals surface area contributed by atoms with Gasteiger partial charge >= 0.3 is 11.8 Å². The summed E-state index contributed by atoms with van der Waals surface area (Å²) in [5.41, 5.74) is 4.46. The molecule has 3 rings (SSSR count). The topological polar surface area (TPSA) is 175 Å². The molecular formula is C21H27N5O9S. The van der Waals surface area contributed by atoms with Crippen molar-refractivity contribution >= 4 is 34.9 Å². The molecule has 15 heteroatoms. The minimum atomic E-state index is -0.841. The third-order valence-corrected chi connectivity index (χ3v) is 6.27. The summed E-state index contributed by atoms with van der Waals surface area (Å²) in [5.74, 6) is -2.35. The van der Waals surface area contributed by atoms with Crippen molar-refractivity contribution in [2.45, 2.75) is 18.8 Å². The van der Waals surface area contributed by atoms with Crippen molar-refractivity contribution in [2.75, 3.05) is 53.2 Å². The minimum Gasteiger partial charge on any atom is -0.395 e. The van der Waals surface area contributed by atoms with Crippen molar-refractivity contribution in [3.63, 3.8) is 0 Å². The molecule has 14 nitrogen and oxygen atoms in total. The average Bonchev–Trinajstić information content (AvgIpc) is 3.57. The first-order chi connectivity index (χ1) is 17.4. The number of piperidine rings is 1. The predicted molar refractivity (Wildman–Crippen MR) is 124 cm³/mol. The number of ether oxygens (including phenoxy) is 3. The molecule has 1 saturated heterocycles. The maximum absolute atomic E-state index is 12.3. The lowest BCUT2D eigenvalue weighted by atomic mass is 9.97. The van der Waals surface area contributed by atoms with Crippen LogP contribution in [0, 0.1) is 10.1 Å². The van der Waals surface area contributed by atoms with E-state index >= 15 is 0 Å². The summed E-state index contributed by atoms with van der Waals surface area (Å²) in [6.45, 7) is 2.83. The van der Waals surface area contributed by atoms with Gasteiger partial charge in [-0.1, -0.05) is 0 Å². The Morgan fingerprint density at radius 2 is 1.83 bits per heavy atom. The maximum Gasteiger partial charge on any atom is 0.433 e. The van der Waals surface area contributed by atoms with Gasteiger partial charge in [-0.25, -0.2) is 4.98 Å². The monoisotopic (exact) mass is 525 g/mol. The molecule has 0 aromatic carbocycles. The van der Waals surface area contributed by atoms with Gasteiger partial charge in [-0.3, -0.25) is 35.3 Å². The Bertz CT molecular complexity index is 1050. The molecule has 1 fully saturated rings. The Kier molecular flexibility index (Phi) is 10.3. The summed E-state index contributed by atoms with van der Waals surface area (Å²) >= 11 is 1.33. The Labute approximate surface area is 210 Å². The fourth-order valence-corrected chi connectivity index (χ4v) is 4.33. The second-order valence-corrected chi connectivity index (χ2v) is 8.58. The van der Waals surface area contributed by atoms with Crippen LogP contribution in [0.2, 0.25) is 0 Å². The third-order valence-electron chi connectivity index (χ3n) is 5.27. The van der Waals surface area contributed by atoms with Crippen LogP contribution in [0.5, 0.6) is 0 Å². The van der Waals surface area contributed by atoms with E-state index in [4.69, 9.17) is 18.6 Å². The predicted octanol–water partition coefficient (Wildman–Crippen LogP) is 1.10.